The van der Waals surface area contributed by atoms with Crippen LogP contribution >= 0.6 is 23.1 Å². The lowest BCUT2D eigenvalue weighted by molar-refractivity contribution is -0.121. The van der Waals surface area contributed by atoms with Gasteiger partial charge in [0.1, 0.15) is 5.54 Å². The number of rotatable bonds is 6. The molecular formula is C23H31N5OS2. The van der Waals surface area contributed by atoms with E-state index in [1.165, 1.54) is 41.5 Å². The van der Waals surface area contributed by atoms with Crippen molar-refractivity contribution in [1.29, 1.82) is 5.26 Å². The lowest BCUT2D eigenvalue weighted by Crippen LogP contribution is -2.50. The van der Waals surface area contributed by atoms with E-state index in [-0.39, 0.29) is 11.2 Å². The summed E-state index contributed by atoms with van der Waals surface area (Å²) in [6.45, 7) is 4.15. The van der Waals surface area contributed by atoms with Crippen molar-refractivity contribution in [2.45, 2.75) is 87.6 Å². The third-order valence-electron chi connectivity index (χ3n) is 6.75. The van der Waals surface area contributed by atoms with Gasteiger partial charge in [-0.2, -0.15) is 5.26 Å². The van der Waals surface area contributed by atoms with E-state index in [0.29, 0.717) is 0 Å². The number of nitrogens with one attached hydrogen (secondary N) is 1. The summed E-state index contributed by atoms with van der Waals surface area (Å²) in [6, 6.07) is 4.65. The molecule has 4 rings (SSSR count). The van der Waals surface area contributed by atoms with Gasteiger partial charge in [0.05, 0.1) is 16.2 Å². The number of carbonyl (C=O) groups excluding carboxylic acids is 1. The maximum Gasteiger partial charge on any atom is 0.234 e. The van der Waals surface area contributed by atoms with Crippen LogP contribution in [-0.2, 0) is 24.7 Å². The summed E-state index contributed by atoms with van der Waals surface area (Å²) < 4.78 is 1.99. The van der Waals surface area contributed by atoms with Gasteiger partial charge >= 0.3 is 0 Å². The summed E-state index contributed by atoms with van der Waals surface area (Å²) in [7, 11) is 1.97. The topological polar surface area (TPSA) is 83.6 Å². The Morgan fingerprint density at radius 1 is 1.42 bits per heavy atom. The second kappa shape index (κ2) is 9.33. The molecule has 8 heteroatoms. The van der Waals surface area contributed by atoms with Crippen LogP contribution in [0.5, 0.6) is 0 Å². The quantitative estimate of drug-likeness (QED) is 0.625. The molecular weight excluding hydrogens is 426 g/mol. The number of carbonyl (C=O) groups is 1. The van der Waals surface area contributed by atoms with Crippen molar-refractivity contribution in [1.82, 2.24) is 20.1 Å². The molecule has 0 radical (unpaired) electrons. The first-order valence-electron chi connectivity index (χ1n) is 11.4. The Kier molecular flexibility index (Phi) is 6.73. The fraction of sp³-hybridized carbons (Fsp3) is 0.652. The molecule has 2 atom stereocenters. The van der Waals surface area contributed by atoms with E-state index in [4.69, 9.17) is 0 Å². The zero-order valence-corrected chi connectivity index (χ0v) is 20.2. The Morgan fingerprint density at radius 3 is 2.90 bits per heavy atom. The Labute approximate surface area is 192 Å². The number of hydrogen-bond donors (Lipinski definition) is 1. The molecule has 6 nitrogen and oxygen atoms in total. The van der Waals surface area contributed by atoms with Crippen LogP contribution in [0.2, 0.25) is 0 Å². The standard InChI is InChI=1S/C23H31N5OS2/c1-4-16-8-9-18-17(12-16)13-19(31-18)20-26-27-22(28(20)3)30-15(2)21(29)25-23(14-24)10-6-5-7-11-23/h13,15-16H,4-12H2,1-3H3,(H,25,29). The number of amides is 1. The summed E-state index contributed by atoms with van der Waals surface area (Å²) in [4.78, 5) is 15.5. The molecule has 2 aromatic heterocycles. The highest BCUT2D eigenvalue weighted by atomic mass is 32.2. The second-order valence-corrected chi connectivity index (χ2v) is 11.4. The molecule has 2 unspecified atom stereocenters. The van der Waals surface area contributed by atoms with Crippen LogP contribution in [0.1, 0.15) is 69.2 Å². The summed E-state index contributed by atoms with van der Waals surface area (Å²) in [5.74, 6) is 1.55. The largest absolute Gasteiger partial charge is 0.337 e. The normalized spacial score (nSPS) is 21.2. The van der Waals surface area contributed by atoms with Crippen molar-refractivity contribution in [2.75, 3.05) is 0 Å². The number of nitrogens with zero attached hydrogens (tertiary/aromatic N) is 4. The maximum atomic E-state index is 12.8. The Balaban J connectivity index is 1.44. The molecule has 1 N–H and O–H groups in total. The van der Waals surface area contributed by atoms with E-state index in [2.05, 4.69) is 34.6 Å². The summed E-state index contributed by atoms with van der Waals surface area (Å²) in [6.07, 6.45) is 9.44. The van der Waals surface area contributed by atoms with Gasteiger partial charge in [-0.15, -0.1) is 21.5 Å². The van der Waals surface area contributed by atoms with Gasteiger partial charge < -0.3 is 9.88 Å². The predicted molar refractivity (Wildman–Crippen MR) is 125 cm³/mol. The molecule has 2 aliphatic rings. The lowest BCUT2D eigenvalue weighted by Gasteiger charge is -2.32. The van der Waals surface area contributed by atoms with Crippen LogP contribution in [-0.4, -0.2) is 31.5 Å². The first-order chi connectivity index (χ1) is 14.9. The summed E-state index contributed by atoms with van der Waals surface area (Å²) >= 11 is 3.23. The second-order valence-electron chi connectivity index (χ2n) is 8.95. The molecule has 1 amide bonds. The van der Waals surface area contributed by atoms with Crippen molar-refractivity contribution >= 4 is 29.0 Å². The van der Waals surface area contributed by atoms with Crippen molar-refractivity contribution in [3.05, 3.63) is 16.5 Å². The lowest BCUT2D eigenvalue weighted by atomic mass is 9.83. The van der Waals surface area contributed by atoms with E-state index in [0.717, 1.165) is 60.3 Å². The minimum absolute atomic E-state index is 0.102. The molecule has 0 spiro atoms. The van der Waals surface area contributed by atoms with Crippen molar-refractivity contribution in [3.8, 4) is 16.8 Å². The molecule has 2 aliphatic carbocycles. The molecule has 1 saturated carbocycles. The van der Waals surface area contributed by atoms with E-state index in [1.807, 2.05) is 29.9 Å². The van der Waals surface area contributed by atoms with Crippen molar-refractivity contribution in [3.63, 3.8) is 0 Å². The highest BCUT2D eigenvalue weighted by molar-refractivity contribution is 8.00. The third kappa shape index (κ3) is 4.68. The average molecular weight is 458 g/mol. The molecule has 2 heterocycles. The average Bonchev–Trinajstić information content (AvgIpc) is 3.36. The van der Waals surface area contributed by atoms with Gasteiger partial charge in [0.15, 0.2) is 11.0 Å². The Bertz CT molecular complexity index is 983. The first-order valence-corrected chi connectivity index (χ1v) is 13.1. The number of thiophene rings is 1. The summed E-state index contributed by atoms with van der Waals surface area (Å²) in [5, 5.41) is 21.9. The highest BCUT2D eigenvalue weighted by Crippen LogP contribution is 2.38. The molecule has 0 aromatic carbocycles. The number of aromatic nitrogens is 3. The molecule has 0 bridgehead atoms. The number of fused-ring (bicyclic) bond motifs is 1. The van der Waals surface area contributed by atoms with E-state index < -0.39 is 5.54 Å². The fourth-order valence-corrected chi connectivity index (χ4v) is 6.70. The molecule has 31 heavy (non-hydrogen) atoms. The number of nitriles is 1. The SMILES string of the molecule is CCC1CCc2sc(-c3nnc(SC(C)C(=O)NC4(C#N)CCCCC4)n3C)cc2C1. The molecule has 0 aliphatic heterocycles. The highest BCUT2D eigenvalue weighted by Gasteiger charge is 2.35. The van der Waals surface area contributed by atoms with Crippen molar-refractivity contribution < 1.29 is 4.79 Å². The van der Waals surface area contributed by atoms with Gasteiger partial charge in [0.25, 0.3) is 0 Å². The van der Waals surface area contributed by atoms with Crippen molar-refractivity contribution in [2.24, 2.45) is 13.0 Å². The number of thioether (sulfide) groups is 1. The van der Waals surface area contributed by atoms with Gasteiger partial charge in [0.2, 0.25) is 5.91 Å². The van der Waals surface area contributed by atoms with E-state index in [1.54, 1.807) is 0 Å². The van der Waals surface area contributed by atoms with Gasteiger partial charge in [0, 0.05) is 11.9 Å². The Morgan fingerprint density at radius 2 is 2.19 bits per heavy atom. The summed E-state index contributed by atoms with van der Waals surface area (Å²) in [5.41, 5.74) is 0.763. The predicted octanol–water partition coefficient (Wildman–Crippen LogP) is 4.88. The zero-order chi connectivity index (χ0) is 22.0. The minimum Gasteiger partial charge on any atom is -0.337 e. The number of hydrogen-bond acceptors (Lipinski definition) is 6. The number of aryl methyl sites for hydroxylation is 1. The van der Waals surface area contributed by atoms with Crippen LogP contribution in [0.3, 0.4) is 0 Å². The minimum atomic E-state index is -0.707. The molecule has 2 aromatic rings. The van der Waals surface area contributed by atoms with E-state index in [9.17, 15) is 10.1 Å². The molecule has 1 fully saturated rings. The maximum absolute atomic E-state index is 12.8. The van der Waals surface area contributed by atoms with E-state index >= 15 is 0 Å². The molecule has 0 saturated heterocycles. The van der Waals surface area contributed by atoms with Gasteiger partial charge in [-0.05, 0) is 56.6 Å². The molecule has 166 valence electrons. The van der Waals surface area contributed by atoms with Crippen LogP contribution in [0.25, 0.3) is 10.7 Å². The van der Waals surface area contributed by atoms with Crippen LogP contribution in [0.15, 0.2) is 11.2 Å². The third-order valence-corrected chi connectivity index (χ3v) is 9.12. The zero-order valence-electron chi connectivity index (χ0n) is 18.6. The van der Waals surface area contributed by atoms with Crippen LogP contribution < -0.4 is 5.32 Å². The van der Waals surface area contributed by atoms with Gasteiger partial charge in [-0.25, -0.2) is 0 Å². The monoisotopic (exact) mass is 457 g/mol. The fourth-order valence-electron chi connectivity index (χ4n) is 4.66. The van der Waals surface area contributed by atoms with Gasteiger partial charge in [-0.1, -0.05) is 44.4 Å². The van der Waals surface area contributed by atoms with Gasteiger partial charge in [-0.3, -0.25) is 4.79 Å². The smallest absolute Gasteiger partial charge is 0.234 e. The van der Waals surface area contributed by atoms with Crippen LogP contribution in [0.4, 0.5) is 0 Å². The van der Waals surface area contributed by atoms with Crippen LogP contribution in [0, 0.1) is 17.2 Å². The first kappa shape index (κ1) is 22.3. The Hall–Kier alpha value is -1.85.